The lowest BCUT2D eigenvalue weighted by atomic mass is 10.2. The molecule has 0 saturated heterocycles. The highest BCUT2D eigenvalue weighted by molar-refractivity contribution is 5.98. The van der Waals surface area contributed by atoms with Gasteiger partial charge in [-0.1, -0.05) is 17.7 Å². The van der Waals surface area contributed by atoms with Crippen molar-refractivity contribution in [3.05, 3.63) is 53.6 Å². The van der Waals surface area contributed by atoms with Crippen molar-refractivity contribution in [1.29, 1.82) is 5.26 Å². The van der Waals surface area contributed by atoms with E-state index in [0.717, 1.165) is 5.56 Å². The van der Waals surface area contributed by atoms with E-state index in [-0.39, 0.29) is 24.3 Å². The lowest BCUT2D eigenvalue weighted by Gasteiger charge is -2.22. The van der Waals surface area contributed by atoms with E-state index in [9.17, 15) is 9.59 Å². The summed E-state index contributed by atoms with van der Waals surface area (Å²) in [5.41, 5.74) is 1.88. The summed E-state index contributed by atoms with van der Waals surface area (Å²) in [6.45, 7) is 1.70. The zero-order valence-corrected chi connectivity index (χ0v) is 16.1. The number of hydrogen-bond acceptors (Lipinski definition) is 6. The molecule has 2 aromatic carbocycles. The van der Waals surface area contributed by atoms with E-state index in [1.165, 1.54) is 25.2 Å². The monoisotopic (exact) mass is 382 g/mol. The minimum Gasteiger partial charge on any atom is -0.497 e. The molecule has 28 heavy (non-hydrogen) atoms. The molecule has 2 aromatic rings. The number of hydrogen-bond donors (Lipinski definition) is 0. The summed E-state index contributed by atoms with van der Waals surface area (Å²) in [4.78, 5) is 26.4. The molecule has 0 fully saturated rings. The summed E-state index contributed by atoms with van der Waals surface area (Å²) in [5, 5.41) is 8.86. The Morgan fingerprint density at radius 2 is 1.79 bits per heavy atom. The van der Waals surface area contributed by atoms with Crippen molar-refractivity contribution < 1.29 is 23.8 Å². The minimum absolute atomic E-state index is 0.167. The lowest BCUT2D eigenvalue weighted by Crippen LogP contribution is -2.35. The quantitative estimate of drug-likeness (QED) is 0.652. The van der Waals surface area contributed by atoms with E-state index in [0.29, 0.717) is 11.4 Å². The number of benzene rings is 2. The Kier molecular flexibility index (Phi) is 7.40. The Bertz CT molecular complexity index is 871. The number of ether oxygens (including phenoxy) is 3. The summed E-state index contributed by atoms with van der Waals surface area (Å²) in [5.74, 6) is -0.278. The summed E-state index contributed by atoms with van der Waals surface area (Å²) in [7, 11) is 2.93. The van der Waals surface area contributed by atoms with E-state index < -0.39 is 18.5 Å². The number of carbonyl (C=O) groups is 2. The summed E-state index contributed by atoms with van der Waals surface area (Å²) < 4.78 is 15.5. The highest BCUT2D eigenvalue weighted by Gasteiger charge is 2.20. The van der Waals surface area contributed by atoms with Gasteiger partial charge in [0.1, 0.15) is 17.1 Å². The van der Waals surface area contributed by atoms with Gasteiger partial charge in [0.05, 0.1) is 26.7 Å². The Morgan fingerprint density at radius 1 is 1.07 bits per heavy atom. The maximum atomic E-state index is 12.6. The third-order valence-electron chi connectivity index (χ3n) is 4.05. The molecule has 0 bridgehead atoms. The van der Waals surface area contributed by atoms with Crippen molar-refractivity contribution in [3.63, 3.8) is 0 Å². The van der Waals surface area contributed by atoms with Gasteiger partial charge in [-0.2, -0.15) is 5.26 Å². The standard InChI is InChI=1S/C21H22N2O5/c1-15-5-7-16(8-6-15)23(12-4-11-22)20(24)14-28-21(25)18-10-9-17(26-2)13-19(18)27-3/h5-10,13H,4,12,14H2,1-3H3. The van der Waals surface area contributed by atoms with Gasteiger partial charge >= 0.3 is 5.97 Å². The van der Waals surface area contributed by atoms with Crippen molar-refractivity contribution in [3.8, 4) is 17.6 Å². The Labute approximate surface area is 164 Å². The molecule has 0 aliphatic heterocycles. The highest BCUT2D eigenvalue weighted by atomic mass is 16.5. The number of esters is 1. The van der Waals surface area contributed by atoms with Crippen LogP contribution >= 0.6 is 0 Å². The minimum atomic E-state index is -0.683. The fourth-order valence-electron chi connectivity index (χ4n) is 2.53. The van der Waals surface area contributed by atoms with Crippen LogP contribution in [0.5, 0.6) is 11.5 Å². The van der Waals surface area contributed by atoms with Crippen molar-refractivity contribution in [2.24, 2.45) is 0 Å². The maximum absolute atomic E-state index is 12.6. The van der Waals surface area contributed by atoms with Crippen molar-refractivity contribution in [1.82, 2.24) is 0 Å². The summed E-state index contributed by atoms with van der Waals surface area (Å²) in [6, 6.07) is 14.0. The largest absolute Gasteiger partial charge is 0.497 e. The molecule has 0 spiro atoms. The first-order valence-corrected chi connectivity index (χ1v) is 8.63. The molecule has 0 unspecified atom stereocenters. The second kappa shape index (κ2) is 9.97. The molecular formula is C21H22N2O5. The van der Waals surface area contributed by atoms with Gasteiger partial charge in [-0.3, -0.25) is 4.79 Å². The van der Waals surface area contributed by atoms with E-state index in [1.807, 2.05) is 25.1 Å². The smallest absolute Gasteiger partial charge is 0.342 e. The molecule has 7 nitrogen and oxygen atoms in total. The average Bonchev–Trinajstić information content (AvgIpc) is 2.72. The van der Waals surface area contributed by atoms with Crippen LogP contribution in [0.25, 0.3) is 0 Å². The van der Waals surface area contributed by atoms with Gasteiger partial charge in [-0.25, -0.2) is 4.79 Å². The third-order valence-corrected chi connectivity index (χ3v) is 4.05. The number of nitrogens with zero attached hydrogens (tertiary/aromatic N) is 2. The van der Waals surface area contributed by atoms with Crippen LogP contribution in [-0.4, -0.2) is 39.2 Å². The first-order valence-electron chi connectivity index (χ1n) is 8.63. The van der Waals surface area contributed by atoms with E-state index in [2.05, 4.69) is 0 Å². The second-order valence-corrected chi connectivity index (χ2v) is 5.93. The highest BCUT2D eigenvalue weighted by Crippen LogP contribution is 2.25. The SMILES string of the molecule is COc1ccc(C(=O)OCC(=O)N(CCC#N)c2ccc(C)cc2)c(OC)c1. The lowest BCUT2D eigenvalue weighted by molar-refractivity contribution is -0.121. The van der Waals surface area contributed by atoms with Crippen LogP contribution in [0.4, 0.5) is 5.69 Å². The average molecular weight is 382 g/mol. The zero-order valence-electron chi connectivity index (χ0n) is 16.1. The fraction of sp³-hybridized carbons (Fsp3) is 0.286. The molecule has 0 radical (unpaired) electrons. The number of aryl methyl sites for hydroxylation is 1. The Morgan fingerprint density at radius 3 is 2.39 bits per heavy atom. The van der Waals surface area contributed by atoms with Gasteiger partial charge in [0.2, 0.25) is 0 Å². The van der Waals surface area contributed by atoms with Gasteiger partial charge in [0, 0.05) is 18.3 Å². The van der Waals surface area contributed by atoms with Gasteiger partial charge in [-0.15, -0.1) is 0 Å². The zero-order chi connectivity index (χ0) is 20.5. The molecule has 0 aliphatic rings. The molecule has 146 valence electrons. The molecule has 1 amide bonds. The van der Waals surface area contributed by atoms with Crippen LogP contribution in [0.2, 0.25) is 0 Å². The molecule has 0 heterocycles. The van der Waals surface area contributed by atoms with Gasteiger partial charge in [0.15, 0.2) is 6.61 Å². The molecule has 0 N–H and O–H groups in total. The molecule has 0 saturated carbocycles. The normalized spacial score (nSPS) is 9.93. The molecular weight excluding hydrogens is 360 g/mol. The first kappa shape index (κ1) is 20.8. The number of carbonyl (C=O) groups excluding carboxylic acids is 2. The first-order chi connectivity index (χ1) is 13.5. The van der Waals surface area contributed by atoms with Gasteiger partial charge < -0.3 is 19.1 Å². The van der Waals surface area contributed by atoms with Gasteiger partial charge in [-0.05, 0) is 31.2 Å². The maximum Gasteiger partial charge on any atom is 0.342 e. The van der Waals surface area contributed by atoms with Crippen LogP contribution in [0.15, 0.2) is 42.5 Å². The number of rotatable bonds is 8. The molecule has 0 atom stereocenters. The Hall–Kier alpha value is -3.53. The number of nitriles is 1. The van der Waals surface area contributed by atoms with Crippen molar-refractivity contribution >= 4 is 17.6 Å². The van der Waals surface area contributed by atoms with E-state index in [4.69, 9.17) is 19.5 Å². The van der Waals surface area contributed by atoms with Crippen molar-refractivity contribution in [2.75, 3.05) is 32.3 Å². The molecule has 0 aromatic heterocycles. The molecule has 2 rings (SSSR count). The second-order valence-electron chi connectivity index (χ2n) is 5.93. The molecule has 7 heteroatoms. The van der Waals surface area contributed by atoms with Crippen LogP contribution in [-0.2, 0) is 9.53 Å². The topological polar surface area (TPSA) is 88.9 Å². The van der Waals surface area contributed by atoms with Crippen LogP contribution in [0.3, 0.4) is 0 Å². The predicted octanol–water partition coefficient (Wildman–Crippen LogP) is 3.12. The molecule has 0 aliphatic carbocycles. The predicted molar refractivity (Wildman–Crippen MR) is 104 cm³/mol. The van der Waals surface area contributed by atoms with E-state index in [1.54, 1.807) is 24.3 Å². The van der Waals surface area contributed by atoms with Gasteiger partial charge in [0.25, 0.3) is 5.91 Å². The van der Waals surface area contributed by atoms with Crippen molar-refractivity contribution in [2.45, 2.75) is 13.3 Å². The van der Waals surface area contributed by atoms with Crippen LogP contribution in [0.1, 0.15) is 22.3 Å². The Balaban J connectivity index is 2.10. The fourth-order valence-corrected chi connectivity index (χ4v) is 2.53. The van der Waals surface area contributed by atoms with Crippen LogP contribution < -0.4 is 14.4 Å². The third kappa shape index (κ3) is 5.24. The van der Waals surface area contributed by atoms with Crippen LogP contribution in [0, 0.1) is 18.3 Å². The number of anilines is 1. The summed E-state index contributed by atoms with van der Waals surface area (Å²) >= 11 is 0. The summed E-state index contributed by atoms with van der Waals surface area (Å²) in [6.07, 6.45) is 0.167. The number of methoxy groups -OCH3 is 2. The van der Waals surface area contributed by atoms with E-state index >= 15 is 0 Å². The number of amides is 1.